The Balaban J connectivity index is 0.00000259. The molecular weight excluding hydrogens is 478 g/mol. The van der Waals surface area contributed by atoms with Gasteiger partial charge in [-0.2, -0.15) is 0 Å². The van der Waals surface area contributed by atoms with Crippen molar-refractivity contribution in [3.63, 3.8) is 0 Å². The van der Waals surface area contributed by atoms with E-state index in [1.807, 2.05) is 0 Å². The first-order valence-corrected chi connectivity index (χ1v) is 13.5. The van der Waals surface area contributed by atoms with Gasteiger partial charge in [-0.3, -0.25) is 0 Å². The molecule has 0 fully saturated rings. The molecule has 5 aromatic carbocycles. The van der Waals surface area contributed by atoms with Crippen LogP contribution >= 0.6 is 15.8 Å². The maximum Gasteiger partial charge on any atom is 3.00 e. The smallest absolute Gasteiger partial charge is 0.0622 e. The second-order valence-corrected chi connectivity index (χ2v) is 11.9. The van der Waals surface area contributed by atoms with Crippen molar-refractivity contribution in [2.75, 3.05) is 0 Å². The van der Waals surface area contributed by atoms with Crippen molar-refractivity contribution >= 4 is 47.7 Å². The largest absolute Gasteiger partial charge is 3.00 e. The summed E-state index contributed by atoms with van der Waals surface area (Å²) < 4.78 is 0. The molecule has 0 aliphatic carbocycles. The molecule has 0 saturated heterocycles. The van der Waals surface area contributed by atoms with Gasteiger partial charge >= 0.3 is 17.1 Å². The SMILES string of the molecule is [Fe+3].c1ccc(P(c2ccccc2)c2ccccc2P(c2ccccc2)c2ccccc2)cc1. The normalized spacial score (nSPS) is 10.7. The number of rotatable bonds is 6. The summed E-state index contributed by atoms with van der Waals surface area (Å²) in [5.41, 5.74) is 0. The van der Waals surface area contributed by atoms with Crippen LogP contribution in [0.1, 0.15) is 0 Å². The molecule has 0 spiro atoms. The fraction of sp³-hybridized carbons (Fsp3) is 0. The molecule has 0 nitrogen and oxygen atoms in total. The van der Waals surface area contributed by atoms with Gasteiger partial charge in [0.25, 0.3) is 0 Å². The summed E-state index contributed by atoms with van der Waals surface area (Å²) in [7, 11) is -1.33. The van der Waals surface area contributed by atoms with Gasteiger partial charge in [0.05, 0.1) is 0 Å². The third-order valence-corrected chi connectivity index (χ3v) is 10.6. The maximum absolute atomic E-state index is 2.35. The van der Waals surface area contributed by atoms with Crippen LogP contribution in [-0.2, 0) is 17.1 Å². The molecule has 0 amide bonds. The van der Waals surface area contributed by atoms with E-state index >= 15 is 0 Å². The van der Waals surface area contributed by atoms with Crippen molar-refractivity contribution in [3.05, 3.63) is 146 Å². The van der Waals surface area contributed by atoms with Crippen molar-refractivity contribution in [2.24, 2.45) is 0 Å². The van der Waals surface area contributed by atoms with Crippen LogP contribution in [0.15, 0.2) is 146 Å². The molecular formula is C30H24FeP2+3. The van der Waals surface area contributed by atoms with E-state index in [0.29, 0.717) is 0 Å². The molecule has 0 N–H and O–H groups in total. The van der Waals surface area contributed by atoms with Crippen molar-refractivity contribution < 1.29 is 17.1 Å². The van der Waals surface area contributed by atoms with E-state index in [-0.39, 0.29) is 17.1 Å². The third-order valence-electron chi connectivity index (χ3n) is 5.42. The molecule has 5 aromatic rings. The Morgan fingerprint density at radius 2 is 0.485 bits per heavy atom. The summed E-state index contributed by atoms with van der Waals surface area (Å²) in [6.07, 6.45) is 0. The van der Waals surface area contributed by atoms with E-state index in [1.54, 1.807) is 0 Å². The molecule has 0 atom stereocenters. The van der Waals surface area contributed by atoms with Gasteiger partial charge in [0.2, 0.25) is 0 Å². The third kappa shape index (κ3) is 5.35. The first-order valence-electron chi connectivity index (χ1n) is 10.8. The molecule has 3 heteroatoms. The zero-order valence-electron chi connectivity index (χ0n) is 18.1. The maximum atomic E-state index is 2.35. The molecule has 0 aromatic heterocycles. The van der Waals surface area contributed by atoms with E-state index in [2.05, 4.69) is 146 Å². The average Bonchev–Trinajstić information content (AvgIpc) is 2.88. The molecule has 0 bridgehead atoms. The van der Waals surface area contributed by atoms with Crippen LogP contribution in [0.5, 0.6) is 0 Å². The number of hydrogen-bond acceptors (Lipinski definition) is 0. The predicted octanol–water partition coefficient (Wildman–Crippen LogP) is 5.20. The Labute approximate surface area is 209 Å². The molecule has 33 heavy (non-hydrogen) atoms. The summed E-state index contributed by atoms with van der Waals surface area (Å²) in [5, 5.41) is 8.43. The number of benzene rings is 5. The minimum Gasteiger partial charge on any atom is -0.0622 e. The summed E-state index contributed by atoms with van der Waals surface area (Å²) in [4.78, 5) is 0. The van der Waals surface area contributed by atoms with Gasteiger partial charge in [0.1, 0.15) is 0 Å². The summed E-state index contributed by atoms with van der Waals surface area (Å²) >= 11 is 0. The average molecular weight is 502 g/mol. The zero-order valence-corrected chi connectivity index (χ0v) is 21.0. The van der Waals surface area contributed by atoms with Gasteiger partial charge in [-0.1, -0.05) is 146 Å². The Bertz CT molecular complexity index is 1080. The second-order valence-electron chi connectivity index (χ2n) is 7.50. The summed E-state index contributed by atoms with van der Waals surface area (Å²) in [5.74, 6) is 0. The van der Waals surface area contributed by atoms with Crippen LogP contribution in [0.4, 0.5) is 0 Å². The van der Waals surface area contributed by atoms with Gasteiger partial charge in [-0.25, -0.2) is 0 Å². The summed E-state index contributed by atoms with van der Waals surface area (Å²) in [6.45, 7) is 0. The minimum atomic E-state index is -0.664. The van der Waals surface area contributed by atoms with Crippen LogP contribution in [0.3, 0.4) is 0 Å². The fourth-order valence-corrected chi connectivity index (χ4v) is 9.27. The van der Waals surface area contributed by atoms with E-state index < -0.39 is 15.8 Å². The van der Waals surface area contributed by atoms with E-state index in [1.165, 1.54) is 31.8 Å². The predicted molar refractivity (Wildman–Crippen MR) is 144 cm³/mol. The van der Waals surface area contributed by atoms with Crippen LogP contribution < -0.4 is 31.8 Å². The first kappa shape index (κ1) is 23.6. The second kappa shape index (κ2) is 11.6. The van der Waals surface area contributed by atoms with Crippen LogP contribution in [0.2, 0.25) is 0 Å². The Hall–Kier alpha value is -2.52. The van der Waals surface area contributed by atoms with Gasteiger partial charge in [0, 0.05) is 0 Å². The molecule has 0 heterocycles. The van der Waals surface area contributed by atoms with Gasteiger partial charge in [-0.15, -0.1) is 0 Å². The minimum absolute atomic E-state index is 0. The van der Waals surface area contributed by atoms with E-state index in [0.717, 1.165) is 0 Å². The van der Waals surface area contributed by atoms with Crippen LogP contribution in [-0.4, -0.2) is 0 Å². The number of hydrogen-bond donors (Lipinski definition) is 0. The Kier molecular flexibility index (Phi) is 8.28. The molecule has 0 aliphatic rings. The standard InChI is InChI=1S/C30H24P2.Fe/c1-5-15-25(16-6-1)31(26-17-7-2-8-18-26)29-23-13-14-24-30(29)32(27-19-9-3-10-20-27)28-21-11-4-12-22-28;/h1-24H;/q;+3. The quantitative estimate of drug-likeness (QED) is 0.221. The fourth-order valence-electron chi connectivity index (χ4n) is 4.01. The molecule has 5 rings (SSSR count). The van der Waals surface area contributed by atoms with Crippen LogP contribution in [0.25, 0.3) is 0 Å². The van der Waals surface area contributed by atoms with E-state index in [9.17, 15) is 0 Å². The van der Waals surface area contributed by atoms with Crippen molar-refractivity contribution in [1.82, 2.24) is 0 Å². The first-order chi connectivity index (χ1) is 15.9. The van der Waals surface area contributed by atoms with Gasteiger partial charge in [-0.05, 0) is 47.7 Å². The van der Waals surface area contributed by atoms with Crippen molar-refractivity contribution in [1.29, 1.82) is 0 Å². The molecule has 0 saturated carbocycles. The van der Waals surface area contributed by atoms with Gasteiger partial charge in [0.15, 0.2) is 0 Å². The molecule has 0 aliphatic heterocycles. The Morgan fingerprint density at radius 1 is 0.273 bits per heavy atom. The molecule has 0 unspecified atom stereocenters. The van der Waals surface area contributed by atoms with Crippen molar-refractivity contribution in [2.45, 2.75) is 0 Å². The van der Waals surface area contributed by atoms with Gasteiger partial charge < -0.3 is 0 Å². The molecule has 159 valence electrons. The van der Waals surface area contributed by atoms with Crippen LogP contribution in [0, 0.1) is 0 Å². The zero-order chi connectivity index (χ0) is 21.6. The monoisotopic (exact) mass is 502 g/mol. The molecule has 1 radical (unpaired) electrons. The Morgan fingerprint density at radius 3 is 0.727 bits per heavy atom. The topological polar surface area (TPSA) is 0 Å². The van der Waals surface area contributed by atoms with Crippen molar-refractivity contribution in [3.8, 4) is 0 Å². The summed E-state index contributed by atoms with van der Waals surface area (Å²) in [6, 6.07) is 53.0. The van der Waals surface area contributed by atoms with E-state index in [4.69, 9.17) is 0 Å².